The van der Waals surface area contributed by atoms with E-state index in [0.717, 1.165) is 17.4 Å². The number of carbonyl (C=O) groups excluding carboxylic acids is 1. The van der Waals surface area contributed by atoms with E-state index in [1.807, 2.05) is 24.4 Å². The second-order valence-corrected chi connectivity index (χ2v) is 5.27. The molecule has 0 bridgehead atoms. The number of benzene rings is 1. The Balaban J connectivity index is 2.63. The van der Waals surface area contributed by atoms with Gasteiger partial charge in [-0.1, -0.05) is 31.5 Å². The van der Waals surface area contributed by atoms with Gasteiger partial charge in [0.1, 0.15) is 0 Å². The lowest BCUT2D eigenvalue weighted by Gasteiger charge is -2.08. The van der Waals surface area contributed by atoms with Crippen LogP contribution in [0.25, 0.3) is 10.9 Å². The fraction of sp³-hybridized carbons (Fsp3) is 0.357. The summed E-state index contributed by atoms with van der Waals surface area (Å²) in [5.41, 5.74) is 1.71. The Morgan fingerprint density at radius 1 is 1.44 bits per heavy atom. The number of nitrogens with one attached hydrogen (secondary N) is 1. The molecule has 4 heteroatoms. The van der Waals surface area contributed by atoms with Gasteiger partial charge < -0.3 is 9.88 Å². The SMILES string of the molecule is CNC(=O)c1cn(CC(C)C)c2cc(Cl)ccc12. The highest BCUT2D eigenvalue weighted by atomic mass is 35.5. The molecule has 0 aliphatic rings. The zero-order valence-corrected chi connectivity index (χ0v) is 11.6. The van der Waals surface area contributed by atoms with Gasteiger partial charge in [0.25, 0.3) is 5.91 Å². The van der Waals surface area contributed by atoms with Gasteiger partial charge >= 0.3 is 0 Å². The Morgan fingerprint density at radius 2 is 2.17 bits per heavy atom. The summed E-state index contributed by atoms with van der Waals surface area (Å²) in [5, 5.41) is 4.30. The molecule has 0 saturated heterocycles. The number of aromatic nitrogens is 1. The standard InChI is InChI=1S/C14H17ClN2O/c1-9(2)7-17-8-12(14(18)16-3)11-5-4-10(15)6-13(11)17/h4-6,8-9H,7H2,1-3H3,(H,16,18). The van der Waals surface area contributed by atoms with Gasteiger partial charge in [-0.05, 0) is 18.1 Å². The maximum Gasteiger partial charge on any atom is 0.253 e. The molecule has 0 aliphatic heterocycles. The van der Waals surface area contributed by atoms with Crippen LogP contribution in [0.3, 0.4) is 0 Å². The van der Waals surface area contributed by atoms with E-state index in [1.165, 1.54) is 0 Å². The molecule has 18 heavy (non-hydrogen) atoms. The zero-order valence-electron chi connectivity index (χ0n) is 10.8. The maximum absolute atomic E-state index is 11.9. The fourth-order valence-corrected chi connectivity index (χ4v) is 2.29. The van der Waals surface area contributed by atoms with Crippen LogP contribution in [0.2, 0.25) is 5.02 Å². The molecular formula is C14H17ClN2O. The molecule has 0 fully saturated rings. The normalized spacial score (nSPS) is 11.2. The Morgan fingerprint density at radius 3 is 2.78 bits per heavy atom. The molecule has 2 rings (SSSR count). The van der Waals surface area contributed by atoms with Gasteiger partial charge in [0.2, 0.25) is 0 Å². The van der Waals surface area contributed by atoms with Crippen molar-refractivity contribution in [1.82, 2.24) is 9.88 Å². The quantitative estimate of drug-likeness (QED) is 0.907. The van der Waals surface area contributed by atoms with Crippen molar-refractivity contribution in [2.45, 2.75) is 20.4 Å². The number of amides is 1. The van der Waals surface area contributed by atoms with Gasteiger partial charge in [-0.15, -0.1) is 0 Å². The van der Waals surface area contributed by atoms with Crippen LogP contribution in [0.5, 0.6) is 0 Å². The van der Waals surface area contributed by atoms with Crippen molar-refractivity contribution in [3.8, 4) is 0 Å². The molecule has 0 atom stereocenters. The number of nitrogens with zero attached hydrogens (tertiary/aromatic N) is 1. The topological polar surface area (TPSA) is 34.0 Å². The molecule has 1 aromatic heterocycles. The molecule has 2 aromatic rings. The predicted octanol–water partition coefficient (Wildman–Crippen LogP) is 3.31. The van der Waals surface area contributed by atoms with Crippen molar-refractivity contribution in [2.24, 2.45) is 5.92 Å². The summed E-state index contributed by atoms with van der Waals surface area (Å²) in [4.78, 5) is 11.9. The third kappa shape index (κ3) is 2.36. The van der Waals surface area contributed by atoms with E-state index in [0.29, 0.717) is 16.5 Å². The van der Waals surface area contributed by atoms with Gasteiger partial charge in [-0.25, -0.2) is 0 Å². The lowest BCUT2D eigenvalue weighted by atomic mass is 10.1. The minimum Gasteiger partial charge on any atom is -0.355 e. The first-order valence-electron chi connectivity index (χ1n) is 6.03. The van der Waals surface area contributed by atoms with Crippen molar-refractivity contribution in [1.29, 1.82) is 0 Å². The fourth-order valence-electron chi connectivity index (χ4n) is 2.13. The van der Waals surface area contributed by atoms with E-state index in [-0.39, 0.29) is 5.91 Å². The maximum atomic E-state index is 11.9. The third-order valence-corrected chi connectivity index (χ3v) is 3.11. The molecule has 0 saturated carbocycles. The minimum atomic E-state index is -0.0650. The van der Waals surface area contributed by atoms with Crippen molar-refractivity contribution < 1.29 is 4.79 Å². The van der Waals surface area contributed by atoms with E-state index in [2.05, 4.69) is 23.7 Å². The highest BCUT2D eigenvalue weighted by Gasteiger charge is 2.14. The molecule has 1 heterocycles. The number of fused-ring (bicyclic) bond motifs is 1. The van der Waals surface area contributed by atoms with Crippen LogP contribution in [0.1, 0.15) is 24.2 Å². The first-order chi connectivity index (χ1) is 8.52. The van der Waals surface area contributed by atoms with Crippen LogP contribution in [0.4, 0.5) is 0 Å². The third-order valence-electron chi connectivity index (χ3n) is 2.88. The first kappa shape index (κ1) is 13.0. The second kappa shape index (κ2) is 5.02. The Labute approximate surface area is 112 Å². The summed E-state index contributed by atoms with van der Waals surface area (Å²) in [6, 6.07) is 5.63. The molecule has 0 unspecified atom stereocenters. The number of hydrogen-bond donors (Lipinski definition) is 1. The lowest BCUT2D eigenvalue weighted by Crippen LogP contribution is -2.17. The summed E-state index contributed by atoms with van der Waals surface area (Å²) in [5.74, 6) is 0.446. The van der Waals surface area contributed by atoms with Crippen LogP contribution in [0, 0.1) is 5.92 Å². The van der Waals surface area contributed by atoms with Gasteiger partial charge in [-0.3, -0.25) is 4.79 Å². The first-order valence-corrected chi connectivity index (χ1v) is 6.41. The zero-order chi connectivity index (χ0) is 13.3. The molecule has 0 spiro atoms. The summed E-state index contributed by atoms with van der Waals surface area (Å²) in [7, 11) is 1.64. The summed E-state index contributed by atoms with van der Waals surface area (Å²) >= 11 is 6.04. The molecule has 1 aromatic carbocycles. The van der Waals surface area contributed by atoms with Crippen LogP contribution < -0.4 is 5.32 Å². The van der Waals surface area contributed by atoms with E-state index in [4.69, 9.17) is 11.6 Å². The summed E-state index contributed by atoms with van der Waals surface area (Å²) in [6.07, 6.45) is 1.90. The largest absolute Gasteiger partial charge is 0.355 e. The highest BCUT2D eigenvalue weighted by molar-refractivity contribution is 6.31. The van der Waals surface area contributed by atoms with E-state index >= 15 is 0 Å². The van der Waals surface area contributed by atoms with Crippen molar-refractivity contribution in [3.05, 3.63) is 35.0 Å². The molecule has 0 aliphatic carbocycles. The molecule has 1 N–H and O–H groups in total. The van der Waals surface area contributed by atoms with Gasteiger partial charge in [0.05, 0.1) is 11.1 Å². The Hall–Kier alpha value is -1.48. The van der Waals surface area contributed by atoms with E-state index in [1.54, 1.807) is 7.05 Å². The lowest BCUT2D eigenvalue weighted by molar-refractivity contribution is 0.0964. The van der Waals surface area contributed by atoms with Crippen molar-refractivity contribution >= 4 is 28.4 Å². The van der Waals surface area contributed by atoms with Crippen molar-refractivity contribution in [2.75, 3.05) is 7.05 Å². The molecule has 0 radical (unpaired) electrons. The monoisotopic (exact) mass is 264 g/mol. The van der Waals surface area contributed by atoms with Gasteiger partial charge in [0, 0.05) is 30.2 Å². The Bertz CT molecular complexity index is 587. The average molecular weight is 265 g/mol. The van der Waals surface area contributed by atoms with Crippen LogP contribution in [0.15, 0.2) is 24.4 Å². The number of halogens is 1. The predicted molar refractivity (Wildman–Crippen MR) is 75.2 cm³/mol. The minimum absolute atomic E-state index is 0.0650. The number of carbonyl (C=O) groups is 1. The smallest absolute Gasteiger partial charge is 0.253 e. The number of hydrogen-bond acceptors (Lipinski definition) is 1. The van der Waals surface area contributed by atoms with Crippen molar-refractivity contribution in [3.63, 3.8) is 0 Å². The molecular weight excluding hydrogens is 248 g/mol. The van der Waals surface area contributed by atoms with Crippen LogP contribution in [-0.4, -0.2) is 17.5 Å². The Kier molecular flexibility index (Phi) is 3.62. The second-order valence-electron chi connectivity index (χ2n) is 4.83. The summed E-state index contributed by atoms with van der Waals surface area (Å²) in [6.45, 7) is 5.17. The van der Waals surface area contributed by atoms with E-state index in [9.17, 15) is 4.79 Å². The van der Waals surface area contributed by atoms with Crippen LogP contribution >= 0.6 is 11.6 Å². The van der Waals surface area contributed by atoms with Crippen LogP contribution in [-0.2, 0) is 6.54 Å². The molecule has 1 amide bonds. The average Bonchev–Trinajstić information content (AvgIpc) is 2.66. The molecule has 3 nitrogen and oxygen atoms in total. The van der Waals surface area contributed by atoms with Gasteiger partial charge in [0.15, 0.2) is 0 Å². The van der Waals surface area contributed by atoms with Gasteiger partial charge in [-0.2, -0.15) is 0 Å². The van der Waals surface area contributed by atoms with E-state index < -0.39 is 0 Å². The summed E-state index contributed by atoms with van der Waals surface area (Å²) < 4.78 is 2.09. The number of rotatable bonds is 3. The molecule has 96 valence electrons. The highest BCUT2D eigenvalue weighted by Crippen LogP contribution is 2.25.